The number of anilines is 1. The Balaban J connectivity index is 1.92. The Morgan fingerprint density at radius 3 is 2.53 bits per heavy atom. The molecule has 1 aliphatic rings. The molecule has 106 valence electrons. The first-order chi connectivity index (χ1) is 9.24. The molecule has 1 aromatic carbocycles. The van der Waals surface area contributed by atoms with E-state index in [2.05, 4.69) is 15.9 Å². The van der Waals surface area contributed by atoms with Gasteiger partial charge in [0.2, 0.25) is 0 Å². The fourth-order valence-electron chi connectivity index (χ4n) is 2.49. The van der Waals surface area contributed by atoms with E-state index < -0.39 is 0 Å². The number of piperazine rings is 1. The van der Waals surface area contributed by atoms with E-state index in [-0.39, 0.29) is 6.10 Å². The van der Waals surface area contributed by atoms with Crippen molar-refractivity contribution < 1.29 is 9.84 Å². The molecule has 1 fully saturated rings. The van der Waals surface area contributed by atoms with E-state index in [1.165, 1.54) is 5.69 Å². The highest BCUT2D eigenvalue weighted by Gasteiger charge is 2.20. The third kappa shape index (κ3) is 3.61. The molecule has 2 rings (SSSR count). The van der Waals surface area contributed by atoms with E-state index in [1.54, 1.807) is 7.11 Å². The molecule has 0 amide bonds. The van der Waals surface area contributed by atoms with Crippen LogP contribution in [-0.4, -0.2) is 55.9 Å². The number of ether oxygens (including phenoxy) is 1. The van der Waals surface area contributed by atoms with Crippen LogP contribution in [0.1, 0.15) is 13.3 Å². The van der Waals surface area contributed by atoms with E-state index in [4.69, 9.17) is 4.74 Å². The lowest BCUT2D eigenvalue weighted by Crippen LogP contribution is -2.48. The molecule has 1 heterocycles. The first-order valence-electron chi connectivity index (χ1n) is 7.03. The number of nitrogens with zero attached hydrogens (tertiary/aromatic N) is 2. The van der Waals surface area contributed by atoms with Crippen LogP contribution in [0.3, 0.4) is 0 Å². The average Bonchev–Trinajstić information content (AvgIpc) is 2.48. The molecule has 19 heavy (non-hydrogen) atoms. The fraction of sp³-hybridized carbons (Fsp3) is 0.600. The largest absolute Gasteiger partial charge is 0.495 e. The predicted molar refractivity (Wildman–Crippen MR) is 77.9 cm³/mol. The molecule has 4 nitrogen and oxygen atoms in total. The van der Waals surface area contributed by atoms with Gasteiger partial charge in [-0.05, 0) is 18.6 Å². The smallest absolute Gasteiger partial charge is 0.142 e. The van der Waals surface area contributed by atoms with Crippen molar-refractivity contribution in [2.45, 2.75) is 19.4 Å². The van der Waals surface area contributed by atoms with E-state index in [1.807, 2.05) is 25.1 Å². The van der Waals surface area contributed by atoms with E-state index in [9.17, 15) is 5.11 Å². The maximum absolute atomic E-state index is 9.70. The molecule has 1 N–H and O–H groups in total. The summed E-state index contributed by atoms with van der Waals surface area (Å²) in [7, 11) is 1.71. The summed E-state index contributed by atoms with van der Waals surface area (Å²) in [5, 5.41) is 9.70. The van der Waals surface area contributed by atoms with Crippen molar-refractivity contribution in [3.05, 3.63) is 24.3 Å². The van der Waals surface area contributed by atoms with Crippen LogP contribution >= 0.6 is 0 Å². The fourth-order valence-corrected chi connectivity index (χ4v) is 2.49. The molecule has 0 radical (unpaired) electrons. The summed E-state index contributed by atoms with van der Waals surface area (Å²) in [5.74, 6) is 0.935. The second-order valence-electron chi connectivity index (χ2n) is 5.02. The highest BCUT2D eigenvalue weighted by atomic mass is 16.5. The molecule has 0 aliphatic carbocycles. The lowest BCUT2D eigenvalue weighted by atomic mass is 10.2. The maximum atomic E-state index is 9.70. The van der Waals surface area contributed by atoms with Crippen LogP contribution in [0.15, 0.2) is 24.3 Å². The number of aliphatic hydroxyl groups is 1. The third-order valence-corrected chi connectivity index (χ3v) is 3.74. The SMILES string of the molecule is CCC(O)CN1CCN(c2ccccc2OC)CC1. The normalized spacial score (nSPS) is 18.4. The Labute approximate surface area is 115 Å². The molecule has 1 saturated heterocycles. The van der Waals surface area contributed by atoms with Gasteiger partial charge in [0.1, 0.15) is 5.75 Å². The topological polar surface area (TPSA) is 35.9 Å². The highest BCUT2D eigenvalue weighted by molar-refractivity contribution is 5.58. The summed E-state index contributed by atoms with van der Waals surface area (Å²) in [6.07, 6.45) is 0.630. The molecule has 0 aromatic heterocycles. The van der Waals surface area contributed by atoms with Crippen LogP contribution in [0.2, 0.25) is 0 Å². The van der Waals surface area contributed by atoms with Gasteiger partial charge in [0.05, 0.1) is 18.9 Å². The van der Waals surface area contributed by atoms with Crippen molar-refractivity contribution in [3.8, 4) is 5.75 Å². The number of rotatable bonds is 5. The van der Waals surface area contributed by atoms with Gasteiger partial charge in [0, 0.05) is 32.7 Å². The second kappa shape index (κ2) is 6.78. The van der Waals surface area contributed by atoms with Crippen LogP contribution in [0.5, 0.6) is 5.75 Å². The first kappa shape index (κ1) is 14.2. The third-order valence-electron chi connectivity index (χ3n) is 3.74. The van der Waals surface area contributed by atoms with Crippen molar-refractivity contribution >= 4 is 5.69 Å². The van der Waals surface area contributed by atoms with Crippen molar-refractivity contribution in [2.75, 3.05) is 44.7 Å². The average molecular weight is 264 g/mol. The Morgan fingerprint density at radius 1 is 1.21 bits per heavy atom. The minimum Gasteiger partial charge on any atom is -0.495 e. The number of β-amino-alcohol motifs (C(OH)–C–C–N with tert-alkyl or cyclic N) is 1. The molecule has 1 atom stereocenters. The summed E-state index contributed by atoms with van der Waals surface area (Å²) in [6, 6.07) is 8.15. The number of aliphatic hydroxyl groups excluding tert-OH is 1. The van der Waals surface area contributed by atoms with Crippen LogP contribution in [-0.2, 0) is 0 Å². The molecule has 0 spiro atoms. The van der Waals surface area contributed by atoms with Crippen molar-refractivity contribution in [3.63, 3.8) is 0 Å². The van der Waals surface area contributed by atoms with Gasteiger partial charge in [0.15, 0.2) is 0 Å². The number of benzene rings is 1. The zero-order valence-electron chi connectivity index (χ0n) is 11.9. The first-order valence-corrected chi connectivity index (χ1v) is 7.03. The zero-order chi connectivity index (χ0) is 13.7. The van der Waals surface area contributed by atoms with Crippen molar-refractivity contribution in [2.24, 2.45) is 0 Å². The van der Waals surface area contributed by atoms with Crippen LogP contribution < -0.4 is 9.64 Å². The molecule has 4 heteroatoms. The Morgan fingerprint density at radius 2 is 1.89 bits per heavy atom. The van der Waals surface area contributed by atoms with Gasteiger partial charge in [-0.15, -0.1) is 0 Å². The van der Waals surface area contributed by atoms with E-state index in [0.717, 1.165) is 44.9 Å². The Hall–Kier alpha value is -1.26. The lowest BCUT2D eigenvalue weighted by molar-refractivity contribution is 0.106. The Kier molecular flexibility index (Phi) is 5.05. The minimum atomic E-state index is -0.196. The predicted octanol–water partition coefficient (Wildman–Crippen LogP) is 1.59. The summed E-state index contributed by atoms with van der Waals surface area (Å²) < 4.78 is 5.41. The molecule has 1 unspecified atom stereocenters. The van der Waals surface area contributed by atoms with Gasteiger partial charge in [-0.25, -0.2) is 0 Å². The van der Waals surface area contributed by atoms with Crippen molar-refractivity contribution in [1.29, 1.82) is 0 Å². The van der Waals surface area contributed by atoms with Crippen LogP contribution in [0, 0.1) is 0 Å². The van der Waals surface area contributed by atoms with Gasteiger partial charge in [-0.3, -0.25) is 4.90 Å². The second-order valence-corrected chi connectivity index (χ2v) is 5.02. The molecule has 0 saturated carbocycles. The summed E-state index contributed by atoms with van der Waals surface area (Å²) in [4.78, 5) is 4.69. The number of hydrogen-bond donors (Lipinski definition) is 1. The highest BCUT2D eigenvalue weighted by Crippen LogP contribution is 2.28. The molecular weight excluding hydrogens is 240 g/mol. The monoisotopic (exact) mass is 264 g/mol. The number of para-hydroxylation sites is 2. The Bertz CT molecular complexity index is 389. The zero-order valence-corrected chi connectivity index (χ0v) is 11.9. The van der Waals surface area contributed by atoms with Crippen molar-refractivity contribution in [1.82, 2.24) is 4.90 Å². The molecular formula is C15H24N2O2. The summed E-state index contributed by atoms with van der Waals surface area (Å²) in [5.41, 5.74) is 1.17. The van der Waals surface area contributed by atoms with Gasteiger partial charge >= 0.3 is 0 Å². The minimum absolute atomic E-state index is 0.196. The quantitative estimate of drug-likeness (QED) is 0.876. The molecule has 0 bridgehead atoms. The van der Waals surface area contributed by atoms with E-state index in [0.29, 0.717) is 0 Å². The summed E-state index contributed by atoms with van der Waals surface area (Å²) >= 11 is 0. The van der Waals surface area contributed by atoms with Gasteiger partial charge in [-0.2, -0.15) is 0 Å². The van der Waals surface area contributed by atoms with Gasteiger partial charge in [-0.1, -0.05) is 19.1 Å². The number of methoxy groups -OCH3 is 1. The maximum Gasteiger partial charge on any atom is 0.142 e. The van der Waals surface area contributed by atoms with Gasteiger partial charge in [0.25, 0.3) is 0 Å². The van der Waals surface area contributed by atoms with Crippen LogP contribution in [0.25, 0.3) is 0 Å². The van der Waals surface area contributed by atoms with E-state index >= 15 is 0 Å². The van der Waals surface area contributed by atoms with Gasteiger partial charge < -0.3 is 14.7 Å². The lowest BCUT2D eigenvalue weighted by Gasteiger charge is -2.37. The summed E-state index contributed by atoms with van der Waals surface area (Å²) in [6.45, 7) is 6.77. The molecule has 1 aliphatic heterocycles. The standard InChI is InChI=1S/C15H24N2O2/c1-3-13(18)12-16-8-10-17(11-9-16)14-6-4-5-7-15(14)19-2/h4-7,13,18H,3,8-12H2,1-2H3. The molecule has 1 aromatic rings. The van der Waals surface area contributed by atoms with Crippen LogP contribution in [0.4, 0.5) is 5.69 Å². The number of hydrogen-bond acceptors (Lipinski definition) is 4.